The second-order valence-corrected chi connectivity index (χ2v) is 8.08. The highest BCUT2D eigenvalue weighted by atomic mass is 32.2. The Bertz CT molecular complexity index is 772. The fourth-order valence-corrected chi connectivity index (χ4v) is 3.81. The van der Waals surface area contributed by atoms with Gasteiger partial charge in [0.1, 0.15) is 5.82 Å². The molecule has 0 saturated heterocycles. The molecule has 2 aromatic rings. The van der Waals surface area contributed by atoms with Gasteiger partial charge >= 0.3 is 0 Å². The molecule has 1 aliphatic rings. The molecule has 114 valence electrons. The molecule has 2 N–H and O–H groups in total. The molecule has 1 fully saturated rings. The second-order valence-electron chi connectivity index (χ2n) is 6.06. The standard InChI is InChI=1S/C15H21N3O2S/c1-18-14-8-7-12(21(2,19)20)9-13(14)17-15(18)10-3-5-11(16)6-4-10/h7-11H,3-6,16H2,1-2H3. The van der Waals surface area contributed by atoms with Gasteiger partial charge in [0.05, 0.1) is 15.9 Å². The predicted octanol–water partition coefficient (Wildman–Crippen LogP) is 1.96. The molecule has 3 rings (SSSR count). The van der Waals surface area contributed by atoms with E-state index in [1.807, 2.05) is 13.1 Å². The number of nitrogens with two attached hydrogens (primary N) is 1. The van der Waals surface area contributed by atoms with Gasteiger partial charge in [-0.05, 0) is 43.9 Å². The van der Waals surface area contributed by atoms with Crippen LogP contribution < -0.4 is 5.73 Å². The SMILES string of the molecule is Cn1c(C2CCC(N)CC2)nc2cc(S(C)(=O)=O)ccc21. The summed E-state index contributed by atoms with van der Waals surface area (Å²) in [6.07, 6.45) is 5.39. The van der Waals surface area contributed by atoms with Crippen molar-refractivity contribution in [1.29, 1.82) is 0 Å². The minimum Gasteiger partial charge on any atom is -0.331 e. The van der Waals surface area contributed by atoms with Crippen molar-refractivity contribution >= 4 is 20.9 Å². The number of aryl methyl sites for hydroxylation is 1. The zero-order chi connectivity index (χ0) is 15.2. The van der Waals surface area contributed by atoms with Crippen molar-refractivity contribution in [2.75, 3.05) is 6.26 Å². The van der Waals surface area contributed by atoms with Gasteiger partial charge in [0.25, 0.3) is 0 Å². The fraction of sp³-hybridized carbons (Fsp3) is 0.533. The van der Waals surface area contributed by atoms with Crippen molar-refractivity contribution in [3.05, 3.63) is 24.0 Å². The van der Waals surface area contributed by atoms with E-state index in [1.54, 1.807) is 12.1 Å². The van der Waals surface area contributed by atoms with Gasteiger partial charge in [-0.1, -0.05) is 0 Å². The van der Waals surface area contributed by atoms with E-state index in [0.717, 1.165) is 42.5 Å². The van der Waals surface area contributed by atoms with E-state index in [4.69, 9.17) is 10.7 Å². The molecule has 0 bridgehead atoms. The van der Waals surface area contributed by atoms with Gasteiger partial charge < -0.3 is 10.3 Å². The highest BCUT2D eigenvalue weighted by Gasteiger charge is 2.24. The monoisotopic (exact) mass is 307 g/mol. The zero-order valence-corrected chi connectivity index (χ0v) is 13.2. The maximum Gasteiger partial charge on any atom is 0.175 e. The van der Waals surface area contributed by atoms with E-state index in [2.05, 4.69) is 4.57 Å². The third-order valence-electron chi connectivity index (χ3n) is 4.45. The smallest absolute Gasteiger partial charge is 0.175 e. The average Bonchev–Trinajstić information content (AvgIpc) is 2.76. The van der Waals surface area contributed by atoms with Crippen LogP contribution in [0.15, 0.2) is 23.1 Å². The lowest BCUT2D eigenvalue weighted by Crippen LogP contribution is -2.26. The molecule has 21 heavy (non-hydrogen) atoms. The Morgan fingerprint density at radius 2 is 1.90 bits per heavy atom. The van der Waals surface area contributed by atoms with Crippen molar-refractivity contribution in [3.63, 3.8) is 0 Å². The number of imidazole rings is 1. The van der Waals surface area contributed by atoms with E-state index in [-0.39, 0.29) is 0 Å². The third-order valence-corrected chi connectivity index (χ3v) is 5.56. The van der Waals surface area contributed by atoms with Crippen LogP contribution in [0.2, 0.25) is 0 Å². The highest BCUT2D eigenvalue weighted by Crippen LogP contribution is 2.33. The van der Waals surface area contributed by atoms with Gasteiger partial charge in [0.2, 0.25) is 0 Å². The van der Waals surface area contributed by atoms with Gasteiger partial charge in [0.15, 0.2) is 9.84 Å². The summed E-state index contributed by atoms with van der Waals surface area (Å²) in [7, 11) is -1.20. The Morgan fingerprint density at radius 3 is 2.52 bits per heavy atom. The number of hydrogen-bond acceptors (Lipinski definition) is 4. The number of hydrogen-bond donors (Lipinski definition) is 1. The summed E-state index contributed by atoms with van der Waals surface area (Å²) in [6.45, 7) is 0. The van der Waals surface area contributed by atoms with E-state index >= 15 is 0 Å². The van der Waals surface area contributed by atoms with Crippen molar-refractivity contribution in [2.45, 2.75) is 42.5 Å². The van der Waals surface area contributed by atoms with E-state index in [9.17, 15) is 8.42 Å². The number of benzene rings is 1. The quantitative estimate of drug-likeness (QED) is 0.920. The summed E-state index contributed by atoms with van der Waals surface area (Å²) >= 11 is 0. The van der Waals surface area contributed by atoms with Crippen molar-refractivity contribution in [1.82, 2.24) is 9.55 Å². The molecule has 0 radical (unpaired) electrons. The van der Waals surface area contributed by atoms with Gasteiger partial charge in [-0.25, -0.2) is 13.4 Å². The lowest BCUT2D eigenvalue weighted by molar-refractivity contribution is 0.380. The first kappa shape index (κ1) is 14.5. The molecule has 1 aromatic carbocycles. The molecule has 1 aliphatic carbocycles. The Hall–Kier alpha value is -1.40. The normalized spacial score (nSPS) is 23.6. The van der Waals surface area contributed by atoms with E-state index in [1.165, 1.54) is 6.26 Å². The first-order chi connectivity index (χ1) is 9.86. The number of sulfone groups is 1. The van der Waals surface area contributed by atoms with Crippen LogP contribution in [0.1, 0.15) is 37.4 Å². The summed E-state index contributed by atoms with van der Waals surface area (Å²) in [4.78, 5) is 5.02. The van der Waals surface area contributed by atoms with Gasteiger partial charge in [0, 0.05) is 25.3 Å². The van der Waals surface area contributed by atoms with E-state index < -0.39 is 9.84 Å². The maximum absolute atomic E-state index is 11.7. The Labute approximate surface area is 125 Å². The topological polar surface area (TPSA) is 78.0 Å². The van der Waals surface area contributed by atoms with Crippen LogP contribution in [0.4, 0.5) is 0 Å². The minimum atomic E-state index is -3.20. The second kappa shape index (κ2) is 5.10. The van der Waals surface area contributed by atoms with Crippen LogP contribution >= 0.6 is 0 Å². The first-order valence-electron chi connectivity index (χ1n) is 7.28. The molecular formula is C15H21N3O2S. The molecule has 0 unspecified atom stereocenters. The van der Waals surface area contributed by atoms with Crippen molar-refractivity contribution < 1.29 is 8.42 Å². The summed E-state index contributed by atoms with van der Waals surface area (Å²) in [6, 6.07) is 5.48. The molecule has 5 nitrogen and oxygen atoms in total. The number of rotatable bonds is 2. The molecule has 1 heterocycles. The Kier molecular flexibility index (Phi) is 3.53. The van der Waals surface area contributed by atoms with Crippen molar-refractivity contribution in [2.24, 2.45) is 12.8 Å². The molecule has 1 saturated carbocycles. The molecule has 1 aromatic heterocycles. The van der Waals surface area contributed by atoms with Crippen LogP contribution in [-0.4, -0.2) is 30.3 Å². The molecule has 6 heteroatoms. The number of fused-ring (bicyclic) bond motifs is 1. The fourth-order valence-electron chi connectivity index (χ4n) is 3.17. The molecule has 0 amide bonds. The van der Waals surface area contributed by atoms with Crippen LogP contribution in [0.5, 0.6) is 0 Å². The van der Waals surface area contributed by atoms with Gasteiger partial charge in [-0.2, -0.15) is 0 Å². The largest absolute Gasteiger partial charge is 0.331 e. The summed E-state index contributed by atoms with van der Waals surface area (Å²) in [5, 5.41) is 0. The molecular weight excluding hydrogens is 286 g/mol. The third kappa shape index (κ3) is 2.70. The Morgan fingerprint density at radius 1 is 1.24 bits per heavy atom. The minimum absolute atomic E-state index is 0.313. The van der Waals surface area contributed by atoms with Crippen molar-refractivity contribution in [3.8, 4) is 0 Å². The summed E-state index contributed by atoms with van der Waals surface area (Å²) in [5.74, 6) is 1.46. The van der Waals surface area contributed by atoms with Crippen LogP contribution in [0.25, 0.3) is 11.0 Å². The highest BCUT2D eigenvalue weighted by molar-refractivity contribution is 7.90. The lowest BCUT2D eigenvalue weighted by Gasteiger charge is -2.25. The number of nitrogens with zero attached hydrogens (tertiary/aromatic N) is 2. The lowest BCUT2D eigenvalue weighted by atomic mass is 9.86. The zero-order valence-electron chi connectivity index (χ0n) is 12.4. The molecule has 0 aliphatic heterocycles. The van der Waals surface area contributed by atoms with Crippen LogP contribution in [0, 0.1) is 0 Å². The van der Waals surface area contributed by atoms with E-state index in [0.29, 0.717) is 16.9 Å². The predicted molar refractivity (Wildman–Crippen MR) is 83.0 cm³/mol. The number of aromatic nitrogens is 2. The first-order valence-corrected chi connectivity index (χ1v) is 9.17. The van der Waals surface area contributed by atoms with Gasteiger partial charge in [-0.3, -0.25) is 0 Å². The molecule has 0 atom stereocenters. The summed E-state index contributed by atoms with van der Waals surface area (Å²) < 4.78 is 25.4. The maximum atomic E-state index is 11.7. The van der Waals surface area contributed by atoms with Crippen LogP contribution in [-0.2, 0) is 16.9 Å². The molecule has 0 spiro atoms. The summed E-state index contributed by atoms with van der Waals surface area (Å²) in [5.41, 5.74) is 7.70. The Balaban J connectivity index is 2.03. The van der Waals surface area contributed by atoms with Crippen LogP contribution in [0.3, 0.4) is 0 Å². The van der Waals surface area contributed by atoms with Gasteiger partial charge in [-0.15, -0.1) is 0 Å². The average molecular weight is 307 g/mol.